The summed E-state index contributed by atoms with van der Waals surface area (Å²) in [4.78, 5) is 23.0. The van der Waals surface area contributed by atoms with Crippen LogP contribution in [0.5, 0.6) is 0 Å². The number of carbonyl (C=O) groups is 2. The minimum Gasteiger partial charge on any atom is -0.464 e. The van der Waals surface area contributed by atoms with Gasteiger partial charge in [-0.2, -0.15) is 0 Å². The molecule has 5 heteroatoms. The number of anilines is 1. The Bertz CT molecular complexity index is 428. The van der Waals surface area contributed by atoms with Crippen LogP contribution in [0.25, 0.3) is 0 Å². The molecule has 2 rings (SSSR count). The number of amides is 1. The SMILES string of the molecule is CNc1ccc(C(=O)NC2CCOC2=O)cc1. The molecular weight excluding hydrogens is 220 g/mol. The number of nitrogens with one attached hydrogen (secondary N) is 2. The second-order valence-corrected chi connectivity index (χ2v) is 3.81. The molecule has 0 bridgehead atoms. The standard InChI is InChI=1S/C12H14N2O3/c1-13-9-4-2-8(3-5-9)11(15)14-10-6-7-17-12(10)16/h2-5,10,13H,6-7H2,1H3,(H,14,15). The van der Waals surface area contributed by atoms with Gasteiger partial charge in [0.1, 0.15) is 6.04 Å². The van der Waals surface area contributed by atoms with Crippen molar-refractivity contribution in [2.45, 2.75) is 12.5 Å². The van der Waals surface area contributed by atoms with E-state index in [4.69, 9.17) is 4.74 Å². The van der Waals surface area contributed by atoms with E-state index in [9.17, 15) is 9.59 Å². The number of hydrogen-bond donors (Lipinski definition) is 2. The Kier molecular flexibility index (Phi) is 3.27. The summed E-state index contributed by atoms with van der Waals surface area (Å²) >= 11 is 0. The van der Waals surface area contributed by atoms with Crippen molar-refractivity contribution in [2.75, 3.05) is 19.0 Å². The van der Waals surface area contributed by atoms with E-state index in [1.54, 1.807) is 12.1 Å². The molecule has 1 aliphatic heterocycles. The fourth-order valence-electron chi connectivity index (χ4n) is 1.66. The highest BCUT2D eigenvalue weighted by Crippen LogP contribution is 2.10. The average molecular weight is 234 g/mol. The molecule has 1 fully saturated rings. The van der Waals surface area contributed by atoms with Crippen LogP contribution >= 0.6 is 0 Å². The molecule has 0 aromatic heterocycles. The van der Waals surface area contributed by atoms with E-state index < -0.39 is 6.04 Å². The zero-order chi connectivity index (χ0) is 12.3. The van der Waals surface area contributed by atoms with Gasteiger partial charge in [-0.3, -0.25) is 4.79 Å². The van der Waals surface area contributed by atoms with Crippen LogP contribution in [0.3, 0.4) is 0 Å². The number of esters is 1. The number of rotatable bonds is 3. The lowest BCUT2D eigenvalue weighted by Gasteiger charge is -2.09. The molecule has 0 spiro atoms. The van der Waals surface area contributed by atoms with Gasteiger partial charge < -0.3 is 15.4 Å². The fraction of sp³-hybridized carbons (Fsp3) is 0.333. The van der Waals surface area contributed by atoms with E-state index in [2.05, 4.69) is 10.6 Å². The van der Waals surface area contributed by atoms with Crippen LogP contribution in [0.15, 0.2) is 24.3 Å². The summed E-state index contributed by atoms with van der Waals surface area (Å²) in [5, 5.41) is 5.62. The third kappa shape index (κ3) is 2.55. The van der Waals surface area contributed by atoms with Gasteiger partial charge >= 0.3 is 5.97 Å². The first kappa shape index (κ1) is 11.4. The van der Waals surface area contributed by atoms with Gasteiger partial charge in [0.25, 0.3) is 5.91 Å². The van der Waals surface area contributed by atoms with Crippen LogP contribution in [0.2, 0.25) is 0 Å². The zero-order valence-corrected chi connectivity index (χ0v) is 9.53. The summed E-state index contributed by atoms with van der Waals surface area (Å²) in [6.07, 6.45) is 0.541. The maximum Gasteiger partial charge on any atom is 0.328 e. The highest BCUT2D eigenvalue weighted by molar-refractivity contribution is 5.97. The van der Waals surface area contributed by atoms with E-state index in [-0.39, 0.29) is 11.9 Å². The summed E-state index contributed by atoms with van der Waals surface area (Å²) in [5.74, 6) is -0.610. The molecular formula is C12H14N2O3. The summed E-state index contributed by atoms with van der Waals surface area (Å²) in [5.41, 5.74) is 1.46. The maximum atomic E-state index is 11.8. The summed E-state index contributed by atoms with van der Waals surface area (Å²) in [6, 6.07) is 6.53. The van der Waals surface area contributed by atoms with Gasteiger partial charge in [0, 0.05) is 24.7 Å². The molecule has 1 saturated heterocycles. The summed E-state index contributed by atoms with van der Waals surface area (Å²) < 4.78 is 4.78. The van der Waals surface area contributed by atoms with Crippen molar-refractivity contribution in [3.63, 3.8) is 0 Å². The Balaban J connectivity index is 2.01. The van der Waals surface area contributed by atoms with E-state index in [1.807, 2.05) is 19.2 Å². The summed E-state index contributed by atoms with van der Waals surface area (Å²) in [6.45, 7) is 0.377. The Morgan fingerprint density at radius 2 is 2.06 bits per heavy atom. The number of cyclic esters (lactones) is 1. The molecule has 2 N–H and O–H groups in total. The van der Waals surface area contributed by atoms with Gasteiger partial charge in [-0.15, -0.1) is 0 Å². The van der Waals surface area contributed by atoms with Gasteiger partial charge in [-0.05, 0) is 24.3 Å². The average Bonchev–Trinajstić information content (AvgIpc) is 2.75. The Morgan fingerprint density at radius 3 is 2.59 bits per heavy atom. The number of ether oxygens (including phenoxy) is 1. The topological polar surface area (TPSA) is 67.4 Å². The first-order valence-corrected chi connectivity index (χ1v) is 5.46. The Morgan fingerprint density at radius 1 is 1.35 bits per heavy atom. The molecule has 1 aliphatic rings. The smallest absolute Gasteiger partial charge is 0.328 e. The van der Waals surface area contributed by atoms with Crippen molar-refractivity contribution in [3.8, 4) is 0 Å². The Labute approximate surface area is 99.2 Å². The third-order valence-electron chi connectivity index (χ3n) is 2.68. The predicted octanol–water partition coefficient (Wildman–Crippen LogP) is 0.774. The molecule has 1 unspecified atom stereocenters. The van der Waals surface area contributed by atoms with Crippen LogP contribution in [-0.2, 0) is 9.53 Å². The molecule has 0 aliphatic carbocycles. The molecule has 5 nitrogen and oxygen atoms in total. The first-order chi connectivity index (χ1) is 8.20. The highest BCUT2D eigenvalue weighted by atomic mass is 16.5. The van der Waals surface area contributed by atoms with E-state index in [0.29, 0.717) is 18.6 Å². The summed E-state index contributed by atoms with van der Waals surface area (Å²) in [7, 11) is 1.81. The normalized spacial score (nSPS) is 18.6. The quantitative estimate of drug-likeness (QED) is 0.758. The lowest BCUT2D eigenvalue weighted by Crippen LogP contribution is -2.37. The van der Waals surface area contributed by atoms with Crippen LogP contribution in [0, 0.1) is 0 Å². The molecule has 0 radical (unpaired) electrons. The molecule has 1 aromatic rings. The van der Waals surface area contributed by atoms with Gasteiger partial charge in [0.05, 0.1) is 6.61 Å². The van der Waals surface area contributed by atoms with Crippen molar-refractivity contribution in [2.24, 2.45) is 0 Å². The van der Waals surface area contributed by atoms with Crippen molar-refractivity contribution >= 4 is 17.6 Å². The molecule has 1 aromatic carbocycles. The van der Waals surface area contributed by atoms with Crippen LogP contribution < -0.4 is 10.6 Å². The van der Waals surface area contributed by atoms with Gasteiger partial charge in [-0.25, -0.2) is 4.79 Å². The van der Waals surface area contributed by atoms with Crippen molar-refractivity contribution in [1.82, 2.24) is 5.32 Å². The predicted molar refractivity (Wildman–Crippen MR) is 62.8 cm³/mol. The largest absolute Gasteiger partial charge is 0.464 e. The van der Waals surface area contributed by atoms with Gasteiger partial charge in [-0.1, -0.05) is 0 Å². The second-order valence-electron chi connectivity index (χ2n) is 3.81. The van der Waals surface area contributed by atoms with Crippen LogP contribution in [0.4, 0.5) is 5.69 Å². The zero-order valence-electron chi connectivity index (χ0n) is 9.53. The van der Waals surface area contributed by atoms with Gasteiger partial charge in [0.15, 0.2) is 0 Å². The third-order valence-corrected chi connectivity index (χ3v) is 2.68. The molecule has 1 amide bonds. The molecule has 17 heavy (non-hydrogen) atoms. The lowest BCUT2D eigenvalue weighted by molar-refractivity contribution is -0.139. The van der Waals surface area contributed by atoms with Crippen LogP contribution in [0.1, 0.15) is 16.8 Å². The monoisotopic (exact) mass is 234 g/mol. The van der Waals surface area contributed by atoms with E-state index in [1.165, 1.54) is 0 Å². The maximum absolute atomic E-state index is 11.8. The molecule has 1 atom stereocenters. The van der Waals surface area contributed by atoms with Crippen LogP contribution in [-0.4, -0.2) is 31.6 Å². The minimum absolute atomic E-state index is 0.253. The number of benzene rings is 1. The lowest BCUT2D eigenvalue weighted by atomic mass is 10.1. The van der Waals surface area contributed by atoms with E-state index in [0.717, 1.165) is 5.69 Å². The van der Waals surface area contributed by atoms with Gasteiger partial charge in [0.2, 0.25) is 0 Å². The number of carbonyl (C=O) groups excluding carboxylic acids is 2. The van der Waals surface area contributed by atoms with Crippen molar-refractivity contribution in [3.05, 3.63) is 29.8 Å². The van der Waals surface area contributed by atoms with Crippen molar-refractivity contribution in [1.29, 1.82) is 0 Å². The number of hydrogen-bond acceptors (Lipinski definition) is 4. The second kappa shape index (κ2) is 4.86. The van der Waals surface area contributed by atoms with E-state index >= 15 is 0 Å². The minimum atomic E-state index is -0.508. The van der Waals surface area contributed by atoms with Crippen molar-refractivity contribution < 1.29 is 14.3 Å². The first-order valence-electron chi connectivity index (χ1n) is 5.46. The highest BCUT2D eigenvalue weighted by Gasteiger charge is 2.28. The molecule has 1 heterocycles. The molecule has 0 saturated carbocycles. The Hall–Kier alpha value is -2.04. The fourth-order valence-corrected chi connectivity index (χ4v) is 1.66. The molecule has 90 valence electrons.